The molecule has 0 radical (unpaired) electrons. The molecule has 2 aromatic carbocycles. The summed E-state index contributed by atoms with van der Waals surface area (Å²) in [7, 11) is 1.53. The lowest BCUT2D eigenvalue weighted by Gasteiger charge is -2.16. The second-order valence-corrected chi connectivity index (χ2v) is 6.54. The van der Waals surface area contributed by atoms with Gasteiger partial charge >= 0.3 is 6.36 Å². The second-order valence-electron chi connectivity index (χ2n) is 6.54. The molecule has 0 aliphatic carbocycles. The molecule has 1 fully saturated rings. The number of nitrogens with zero attached hydrogens (tertiary/aromatic N) is 1. The highest BCUT2D eigenvalue weighted by Crippen LogP contribution is 2.25. The number of nitrogens with one attached hydrogen (secondary N) is 1. The summed E-state index contributed by atoms with van der Waals surface area (Å²) < 4.78 is 45.9. The molecule has 29 heavy (non-hydrogen) atoms. The van der Waals surface area contributed by atoms with Crippen LogP contribution in [0.3, 0.4) is 0 Å². The zero-order valence-electron chi connectivity index (χ0n) is 15.8. The van der Waals surface area contributed by atoms with E-state index in [0.29, 0.717) is 22.4 Å². The van der Waals surface area contributed by atoms with Crippen LogP contribution in [-0.2, 0) is 0 Å². The minimum absolute atomic E-state index is 0.196. The highest BCUT2D eigenvalue weighted by atomic mass is 19.4. The second kappa shape index (κ2) is 9.00. The fourth-order valence-corrected chi connectivity index (χ4v) is 3.01. The van der Waals surface area contributed by atoms with Crippen LogP contribution in [0.2, 0.25) is 0 Å². The third kappa shape index (κ3) is 5.99. The molecule has 1 aliphatic heterocycles. The van der Waals surface area contributed by atoms with Crippen LogP contribution in [0.25, 0.3) is 12.2 Å². The molecule has 3 rings (SSSR count). The molecule has 0 unspecified atom stereocenters. The van der Waals surface area contributed by atoms with E-state index in [-0.39, 0.29) is 11.7 Å². The van der Waals surface area contributed by atoms with Crippen LogP contribution in [0.4, 0.5) is 13.2 Å². The number of carbonyl (C=O) groups excluding carboxylic acids is 1. The van der Waals surface area contributed by atoms with E-state index in [2.05, 4.69) is 10.2 Å². The molecule has 1 aliphatic rings. The number of ether oxygens (including phenoxy) is 2. The summed E-state index contributed by atoms with van der Waals surface area (Å²) in [5, 5.41) is 1.90. The number of benzene rings is 2. The molecule has 0 aromatic heterocycles. The lowest BCUT2D eigenvalue weighted by Crippen LogP contribution is -2.39. The fourth-order valence-electron chi connectivity index (χ4n) is 3.01. The Morgan fingerprint density at radius 3 is 2.38 bits per heavy atom. The van der Waals surface area contributed by atoms with E-state index >= 15 is 0 Å². The Morgan fingerprint density at radius 2 is 1.76 bits per heavy atom. The van der Waals surface area contributed by atoms with E-state index in [1.807, 2.05) is 5.01 Å². The van der Waals surface area contributed by atoms with Gasteiger partial charge in [0.2, 0.25) is 0 Å². The molecular formula is C21H21F3N2O3. The van der Waals surface area contributed by atoms with E-state index in [1.165, 1.54) is 31.4 Å². The van der Waals surface area contributed by atoms with Crippen molar-refractivity contribution in [1.29, 1.82) is 0 Å². The van der Waals surface area contributed by atoms with Gasteiger partial charge in [-0.3, -0.25) is 10.2 Å². The number of halogens is 3. The predicted molar refractivity (Wildman–Crippen MR) is 103 cm³/mol. The van der Waals surface area contributed by atoms with Crippen LogP contribution in [0.5, 0.6) is 11.5 Å². The largest absolute Gasteiger partial charge is 0.573 e. The first kappa shape index (κ1) is 20.7. The van der Waals surface area contributed by atoms with Crippen molar-refractivity contribution in [2.24, 2.45) is 0 Å². The normalized spacial score (nSPS) is 14.9. The maximum absolute atomic E-state index is 12.5. The Morgan fingerprint density at radius 1 is 1.07 bits per heavy atom. The number of amides is 1. The molecule has 154 valence electrons. The lowest BCUT2D eigenvalue weighted by atomic mass is 10.1. The van der Waals surface area contributed by atoms with Gasteiger partial charge in [-0.1, -0.05) is 24.3 Å². The maximum Gasteiger partial charge on any atom is 0.573 e. The first-order valence-corrected chi connectivity index (χ1v) is 9.12. The average molecular weight is 406 g/mol. The first-order valence-electron chi connectivity index (χ1n) is 9.12. The van der Waals surface area contributed by atoms with E-state index in [1.54, 1.807) is 30.4 Å². The van der Waals surface area contributed by atoms with Crippen molar-refractivity contribution in [3.63, 3.8) is 0 Å². The standard InChI is InChI=1S/C21H21F3N2O3/c1-28-19-11-8-17(20(27)25-26-12-2-3-13-26)14-16(19)7-4-15-5-9-18(10-6-15)29-21(22,23)24/h4-11,14H,2-3,12-13H2,1H3,(H,25,27)/b7-4+. The van der Waals surface area contributed by atoms with Crippen molar-refractivity contribution in [3.8, 4) is 11.5 Å². The third-order valence-electron chi connectivity index (χ3n) is 4.43. The number of hydrogen-bond donors (Lipinski definition) is 1. The van der Waals surface area contributed by atoms with Gasteiger partial charge in [0.25, 0.3) is 5.91 Å². The zero-order chi connectivity index (χ0) is 20.9. The first-order chi connectivity index (χ1) is 13.8. The van der Waals surface area contributed by atoms with Gasteiger partial charge in [-0.25, -0.2) is 5.01 Å². The van der Waals surface area contributed by atoms with E-state index < -0.39 is 6.36 Å². The fraction of sp³-hybridized carbons (Fsp3) is 0.286. The number of alkyl halides is 3. The lowest BCUT2D eigenvalue weighted by molar-refractivity contribution is -0.274. The molecular weight excluding hydrogens is 385 g/mol. The SMILES string of the molecule is COc1ccc(C(=O)NN2CCCC2)cc1/C=C/c1ccc(OC(F)(F)F)cc1. The van der Waals surface area contributed by atoms with Gasteiger partial charge < -0.3 is 9.47 Å². The van der Waals surface area contributed by atoms with Crippen molar-refractivity contribution in [3.05, 3.63) is 59.2 Å². The van der Waals surface area contributed by atoms with Crippen LogP contribution in [-0.4, -0.2) is 37.5 Å². The number of hydrazine groups is 1. The molecule has 2 aromatic rings. The molecule has 1 saturated heterocycles. The van der Waals surface area contributed by atoms with Crippen LogP contribution >= 0.6 is 0 Å². The molecule has 1 N–H and O–H groups in total. The molecule has 0 bridgehead atoms. The number of carbonyl (C=O) groups is 1. The molecule has 8 heteroatoms. The summed E-state index contributed by atoms with van der Waals surface area (Å²) in [6, 6.07) is 10.6. The maximum atomic E-state index is 12.5. The van der Waals surface area contributed by atoms with E-state index in [0.717, 1.165) is 25.9 Å². The van der Waals surface area contributed by atoms with E-state index in [9.17, 15) is 18.0 Å². The van der Waals surface area contributed by atoms with Gasteiger partial charge in [0.1, 0.15) is 11.5 Å². The average Bonchev–Trinajstić information content (AvgIpc) is 3.19. The van der Waals surface area contributed by atoms with Crippen molar-refractivity contribution in [2.75, 3.05) is 20.2 Å². The van der Waals surface area contributed by atoms with Crippen LogP contribution < -0.4 is 14.9 Å². The van der Waals surface area contributed by atoms with Gasteiger partial charge in [0, 0.05) is 24.2 Å². The Balaban J connectivity index is 1.73. The third-order valence-corrected chi connectivity index (χ3v) is 4.43. The van der Waals surface area contributed by atoms with Gasteiger partial charge in [0.15, 0.2) is 0 Å². The predicted octanol–water partition coefficient (Wildman–Crippen LogP) is 4.50. The van der Waals surface area contributed by atoms with E-state index in [4.69, 9.17) is 4.74 Å². The monoisotopic (exact) mass is 406 g/mol. The Kier molecular flexibility index (Phi) is 6.43. The van der Waals surface area contributed by atoms with Crippen molar-refractivity contribution >= 4 is 18.1 Å². The number of rotatable bonds is 6. The smallest absolute Gasteiger partial charge is 0.496 e. The minimum atomic E-state index is -4.72. The summed E-state index contributed by atoms with van der Waals surface area (Å²) in [5.41, 5.74) is 4.73. The quantitative estimate of drug-likeness (QED) is 0.718. The summed E-state index contributed by atoms with van der Waals surface area (Å²) in [5.74, 6) is 0.0988. The molecule has 1 amide bonds. The molecule has 1 heterocycles. The Labute approximate surface area is 166 Å². The topological polar surface area (TPSA) is 50.8 Å². The van der Waals surface area contributed by atoms with Gasteiger partial charge in [0.05, 0.1) is 7.11 Å². The summed E-state index contributed by atoms with van der Waals surface area (Å²) in [4.78, 5) is 12.5. The molecule has 0 saturated carbocycles. The highest BCUT2D eigenvalue weighted by molar-refractivity contribution is 5.95. The Bertz CT molecular complexity index is 874. The van der Waals surface area contributed by atoms with Gasteiger partial charge in [-0.2, -0.15) is 0 Å². The summed E-state index contributed by atoms with van der Waals surface area (Å²) >= 11 is 0. The number of hydrogen-bond acceptors (Lipinski definition) is 4. The van der Waals surface area contributed by atoms with Gasteiger partial charge in [-0.05, 0) is 48.7 Å². The Hall–Kier alpha value is -3.00. The number of methoxy groups -OCH3 is 1. The van der Waals surface area contributed by atoms with Crippen molar-refractivity contribution in [1.82, 2.24) is 10.4 Å². The van der Waals surface area contributed by atoms with Crippen LogP contribution in [0.15, 0.2) is 42.5 Å². The van der Waals surface area contributed by atoms with Gasteiger partial charge in [-0.15, -0.1) is 13.2 Å². The van der Waals surface area contributed by atoms with Crippen LogP contribution in [0, 0.1) is 0 Å². The van der Waals surface area contributed by atoms with Crippen molar-refractivity contribution in [2.45, 2.75) is 19.2 Å². The summed E-state index contributed by atoms with van der Waals surface area (Å²) in [6.45, 7) is 1.67. The molecule has 0 spiro atoms. The molecule has 5 nitrogen and oxygen atoms in total. The van der Waals surface area contributed by atoms with Crippen molar-refractivity contribution < 1.29 is 27.4 Å². The highest BCUT2D eigenvalue weighted by Gasteiger charge is 2.30. The minimum Gasteiger partial charge on any atom is -0.496 e. The molecule has 0 atom stereocenters. The zero-order valence-corrected chi connectivity index (χ0v) is 15.8. The van der Waals surface area contributed by atoms with Crippen LogP contribution in [0.1, 0.15) is 34.3 Å². The summed E-state index contributed by atoms with van der Waals surface area (Å²) in [6.07, 6.45) is 0.858.